The fourth-order valence-corrected chi connectivity index (χ4v) is 2.17. The van der Waals surface area contributed by atoms with Gasteiger partial charge in [-0.2, -0.15) is 0 Å². The smallest absolute Gasteiger partial charge is 0.319 e. The Morgan fingerprint density at radius 2 is 1.93 bits per heavy atom. The van der Waals surface area contributed by atoms with Crippen LogP contribution in [0.3, 0.4) is 0 Å². The van der Waals surface area contributed by atoms with Gasteiger partial charge in [0, 0.05) is 13.1 Å². The van der Waals surface area contributed by atoms with Crippen LogP contribution in [-0.2, 0) is 0 Å². The van der Waals surface area contributed by atoms with Crippen molar-refractivity contribution in [2.45, 2.75) is 20.3 Å². The molecule has 1 aliphatic rings. The van der Waals surface area contributed by atoms with Crippen molar-refractivity contribution in [1.29, 1.82) is 0 Å². The van der Waals surface area contributed by atoms with Crippen LogP contribution in [0.2, 0.25) is 0 Å². The summed E-state index contributed by atoms with van der Waals surface area (Å²) in [7, 11) is 0. The average molecular weight is 196 g/mol. The monoisotopic (exact) mass is 196 g/mol. The van der Waals surface area contributed by atoms with Crippen molar-refractivity contribution < 1.29 is 4.42 Å². The van der Waals surface area contributed by atoms with Crippen LogP contribution in [0.15, 0.2) is 4.42 Å². The van der Waals surface area contributed by atoms with Gasteiger partial charge >= 0.3 is 12.0 Å². The lowest BCUT2D eigenvalue weighted by Crippen LogP contribution is -2.38. The number of anilines is 2. The molecule has 0 amide bonds. The Morgan fingerprint density at radius 3 is 2.43 bits per heavy atom. The van der Waals surface area contributed by atoms with Crippen molar-refractivity contribution in [3.05, 3.63) is 0 Å². The van der Waals surface area contributed by atoms with Crippen LogP contribution in [0.25, 0.3) is 0 Å². The Morgan fingerprint density at radius 1 is 1.29 bits per heavy atom. The molecule has 2 heterocycles. The van der Waals surface area contributed by atoms with Gasteiger partial charge in [0.05, 0.1) is 0 Å². The number of nitrogens with two attached hydrogens (primary N) is 1. The molecular formula is C9H16N4O. The maximum absolute atomic E-state index is 5.39. The Labute approximate surface area is 83.3 Å². The second-order valence-electron chi connectivity index (χ2n) is 4.27. The molecule has 2 rings (SSSR count). The Hall–Kier alpha value is -1.26. The van der Waals surface area contributed by atoms with Gasteiger partial charge < -0.3 is 15.1 Å². The van der Waals surface area contributed by atoms with E-state index >= 15 is 0 Å². The van der Waals surface area contributed by atoms with E-state index in [1.807, 2.05) is 0 Å². The number of rotatable bonds is 1. The summed E-state index contributed by atoms with van der Waals surface area (Å²) in [5, 5.41) is 7.55. The first-order valence-corrected chi connectivity index (χ1v) is 4.99. The average Bonchev–Trinajstić information content (AvgIpc) is 2.50. The molecule has 5 nitrogen and oxygen atoms in total. The Bertz CT molecular complexity index is 302. The quantitative estimate of drug-likeness (QED) is 0.729. The molecule has 5 heteroatoms. The molecule has 2 N–H and O–H groups in total. The molecule has 0 saturated carbocycles. The fraction of sp³-hybridized carbons (Fsp3) is 0.778. The van der Waals surface area contributed by atoms with Crippen molar-refractivity contribution >= 4 is 12.0 Å². The van der Waals surface area contributed by atoms with Crippen LogP contribution >= 0.6 is 0 Å². The highest BCUT2D eigenvalue weighted by atomic mass is 16.4. The van der Waals surface area contributed by atoms with Gasteiger partial charge in [0.1, 0.15) is 0 Å². The van der Waals surface area contributed by atoms with Crippen molar-refractivity contribution in [3.63, 3.8) is 0 Å². The number of piperidine rings is 1. The number of hydrogen-bond donors (Lipinski definition) is 1. The zero-order valence-electron chi connectivity index (χ0n) is 8.60. The van der Waals surface area contributed by atoms with E-state index in [-0.39, 0.29) is 6.01 Å². The zero-order chi connectivity index (χ0) is 10.1. The minimum atomic E-state index is 0.144. The largest absolute Gasteiger partial charge is 0.390 e. The minimum Gasteiger partial charge on any atom is -0.390 e. The van der Waals surface area contributed by atoms with Crippen LogP contribution in [0.1, 0.15) is 20.3 Å². The maximum Gasteiger partial charge on any atom is 0.319 e. The highest BCUT2D eigenvalue weighted by Gasteiger charge is 2.24. The molecule has 1 aromatic rings. The number of nitrogen functional groups attached to an aromatic ring is 1. The van der Waals surface area contributed by atoms with Crippen LogP contribution < -0.4 is 10.6 Å². The molecule has 2 unspecified atom stereocenters. The van der Waals surface area contributed by atoms with Gasteiger partial charge in [0.2, 0.25) is 0 Å². The highest BCUT2D eigenvalue weighted by Crippen LogP contribution is 2.25. The first-order valence-electron chi connectivity index (χ1n) is 4.99. The minimum absolute atomic E-state index is 0.144. The Kier molecular flexibility index (Phi) is 2.31. The molecule has 0 bridgehead atoms. The summed E-state index contributed by atoms with van der Waals surface area (Å²) in [6.45, 7) is 6.43. The number of aromatic nitrogens is 2. The van der Waals surface area contributed by atoms with Gasteiger partial charge in [0.25, 0.3) is 0 Å². The predicted molar refractivity (Wildman–Crippen MR) is 53.9 cm³/mol. The summed E-state index contributed by atoms with van der Waals surface area (Å²) >= 11 is 0. The maximum atomic E-state index is 5.39. The van der Waals surface area contributed by atoms with Crippen molar-refractivity contribution in [2.24, 2.45) is 11.8 Å². The van der Waals surface area contributed by atoms with Crippen molar-refractivity contribution in [2.75, 3.05) is 23.7 Å². The zero-order valence-corrected chi connectivity index (χ0v) is 8.60. The molecular weight excluding hydrogens is 180 g/mol. The molecule has 14 heavy (non-hydrogen) atoms. The van der Waals surface area contributed by atoms with E-state index in [2.05, 4.69) is 28.9 Å². The lowest BCUT2D eigenvalue weighted by molar-refractivity contribution is 0.342. The summed E-state index contributed by atoms with van der Waals surface area (Å²) in [5.74, 6) is 1.35. The third-order valence-corrected chi connectivity index (χ3v) is 2.57. The van der Waals surface area contributed by atoms with Crippen LogP contribution in [0, 0.1) is 11.8 Å². The highest BCUT2D eigenvalue weighted by molar-refractivity contribution is 5.28. The van der Waals surface area contributed by atoms with Gasteiger partial charge in [-0.25, -0.2) is 0 Å². The third kappa shape index (κ3) is 1.81. The predicted octanol–water partition coefficient (Wildman–Crippen LogP) is 1.13. The lowest BCUT2D eigenvalue weighted by atomic mass is 9.92. The summed E-state index contributed by atoms with van der Waals surface area (Å²) in [6, 6.07) is 0.701. The van der Waals surface area contributed by atoms with Gasteiger partial charge in [0.15, 0.2) is 0 Å². The van der Waals surface area contributed by atoms with E-state index in [0.29, 0.717) is 17.9 Å². The molecule has 0 aliphatic carbocycles. The lowest BCUT2D eigenvalue weighted by Gasteiger charge is -2.33. The molecule has 0 radical (unpaired) electrons. The summed E-state index contributed by atoms with van der Waals surface area (Å²) in [6.07, 6.45) is 1.26. The normalized spacial score (nSPS) is 28.0. The molecule has 1 fully saturated rings. The van der Waals surface area contributed by atoms with E-state index in [9.17, 15) is 0 Å². The van der Waals surface area contributed by atoms with E-state index < -0.39 is 0 Å². The molecule has 1 aliphatic heterocycles. The first-order chi connectivity index (χ1) is 6.65. The summed E-state index contributed by atoms with van der Waals surface area (Å²) in [4.78, 5) is 2.11. The molecule has 0 spiro atoms. The van der Waals surface area contributed by atoms with E-state index in [4.69, 9.17) is 10.2 Å². The molecule has 0 aromatic carbocycles. The van der Waals surface area contributed by atoms with E-state index in [1.54, 1.807) is 0 Å². The number of nitrogens with zero attached hydrogens (tertiary/aromatic N) is 3. The van der Waals surface area contributed by atoms with Gasteiger partial charge in [-0.05, 0) is 18.3 Å². The number of hydrogen-bond acceptors (Lipinski definition) is 5. The summed E-state index contributed by atoms with van der Waals surface area (Å²) in [5.41, 5.74) is 5.39. The van der Waals surface area contributed by atoms with Crippen LogP contribution in [0.5, 0.6) is 0 Å². The first kappa shape index (κ1) is 9.30. The van der Waals surface area contributed by atoms with Gasteiger partial charge in [-0.1, -0.05) is 24.0 Å². The van der Waals surface area contributed by atoms with Crippen molar-refractivity contribution in [1.82, 2.24) is 10.2 Å². The molecule has 78 valence electrons. The second-order valence-corrected chi connectivity index (χ2v) is 4.27. The van der Waals surface area contributed by atoms with E-state index in [0.717, 1.165) is 13.1 Å². The van der Waals surface area contributed by atoms with Crippen molar-refractivity contribution in [3.8, 4) is 0 Å². The van der Waals surface area contributed by atoms with Gasteiger partial charge in [-0.3, -0.25) is 0 Å². The van der Waals surface area contributed by atoms with Gasteiger partial charge in [-0.15, -0.1) is 0 Å². The fourth-order valence-electron chi connectivity index (χ4n) is 2.17. The van der Waals surface area contributed by atoms with Crippen LogP contribution in [-0.4, -0.2) is 23.3 Å². The molecule has 1 aromatic heterocycles. The molecule has 2 atom stereocenters. The Balaban J connectivity index is 2.10. The standard InChI is InChI=1S/C9H16N4O/c1-6-3-7(2)5-13(4-6)9-12-11-8(10)14-9/h6-7H,3-5H2,1-2H3,(H2,10,11). The van der Waals surface area contributed by atoms with Crippen LogP contribution in [0.4, 0.5) is 12.0 Å². The second kappa shape index (κ2) is 3.48. The summed E-state index contributed by atoms with van der Waals surface area (Å²) < 4.78 is 5.20. The van der Waals surface area contributed by atoms with E-state index in [1.165, 1.54) is 6.42 Å². The SMILES string of the molecule is CC1CC(C)CN(c2nnc(N)o2)C1. The topological polar surface area (TPSA) is 68.2 Å². The molecule has 1 saturated heterocycles. The third-order valence-electron chi connectivity index (χ3n) is 2.57.